The molecule has 0 unspecified atom stereocenters. The molecule has 0 aromatic heterocycles. The van der Waals surface area contributed by atoms with Gasteiger partial charge in [0, 0.05) is 0 Å². The number of methoxy groups -OCH3 is 1. The van der Waals surface area contributed by atoms with Crippen LogP contribution in [0.3, 0.4) is 0 Å². The summed E-state index contributed by atoms with van der Waals surface area (Å²) in [6.07, 6.45) is 0.949. The van der Waals surface area contributed by atoms with Gasteiger partial charge in [-0.25, -0.2) is 0 Å². The van der Waals surface area contributed by atoms with Crippen LogP contribution in [-0.2, 0) is 6.42 Å². The molecule has 0 spiro atoms. The lowest BCUT2D eigenvalue weighted by molar-refractivity contribution is 0.415. The van der Waals surface area contributed by atoms with Crippen LogP contribution in [0.2, 0.25) is 5.02 Å². The number of halogens is 1. The first-order valence-electron chi connectivity index (χ1n) is 7.23. The van der Waals surface area contributed by atoms with Gasteiger partial charge in [0.05, 0.1) is 12.1 Å². The molecule has 0 bridgehead atoms. The van der Waals surface area contributed by atoms with Crippen molar-refractivity contribution in [2.45, 2.75) is 6.42 Å². The zero-order valence-corrected chi connectivity index (χ0v) is 13.2. The molecule has 110 valence electrons. The molecule has 0 aliphatic carbocycles. The Bertz CT molecular complexity index is 748. The maximum atomic E-state index is 6.19. The zero-order chi connectivity index (χ0) is 15.4. The van der Waals surface area contributed by atoms with Gasteiger partial charge in [0.2, 0.25) is 0 Å². The molecular formula is C20H17ClO. The van der Waals surface area contributed by atoms with Gasteiger partial charge in [-0.1, -0.05) is 72.3 Å². The second-order valence-electron chi connectivity index (χ2n) is 5.21. The summed E-state index contributed by atoms with van der Waals surface area (Å²) in [7, 11) is 1.62. The first-order chi connectivity index (χ1) is 10.8. The van der Waals surface area contributed by atoms with E-state index in [1.54, 1.807) is 7.11 Å². The summed E-state index contributed by atoms with van der Waals surface area (Å²) in [6.45, 7) is 0. The fourth-order valence-corrected chi connectivity index (χ4v) is 2.75. The van der Waals surface area contributed by atoms with E-state index in [1.165, 1.54) is 11.1 Å². The van der Waals surface area contributed by atoms with E-state index < -0.39 is 0 Å². The van der Waals surface area contributed by atoms with Gasteiger partial charge in [-0.3, -0.25) is 0 Å². The van der Waals surface area contributed by atoms with Crippen molar-refractivity contribution < 1.29 is 4.74 Å². The Morgan fingerprint density at radius 2 is 1.41 bits per heavy atom. The van der Waals surface area contributed by atoms with Gasteiger partial charge in [-0.2, -0.15) is 0 Å². The molecule has 0 N–H and O–H groups in total. The van der Waals surface area contributed by atoms with Crippen LogP contribution in [0.5, 0.6) is 5.75 Å². The van der Waals surface area contributed by atoms with Gasteiger partial charge in [-0.05, 0) is 40.8 Å². The monoisotopic (exact) mass is 308 g/mol. The Morgan fingerprint density at radius 3 is 2.05 bits per heavy atom. The maximum Gasteiger partial charge on any atom is 0.137 e. The zero-order valence-electron chi connectivity index (χ0n) is 12.4. The van der Waals surface area contributed by atoms with Crippen LogP contribution in [0.4, 0.5) is 0 Å². The lowest BCUT2D eigenvalue weighted by atomic mass is 10.0. The predicted molar refractivity (Wildman–Crippen MR) is 92.7 cm³/mol. The smallest absolute Gasteiger partial charge is 0.137 e. The van der Waals surface area contributed by atoms with E-state index in [4.69, 9.17) is 16.3 Å². The van der Waals surface area contributed by atoms with Crippen LogP contribution >= 0.6 is 11.6 Å². The molecule has 22 heavy (non-hydrogen) atoms. The van der Waals surface area contributed by atoms with Crippen molar-refractivity contribution in [3.8, 4) is 16.9 Å². The summed E-state index contributed by atoms with van der Waals surface area (Å²) in [5.74, 6) is 0.700. The van der Waals surface area contributed by atoms with Gasteiger partial charge in [0.25, 0.3) is 0 Å². The molecule has 0 aliphatic rings. The standard InChI is InChI=1S/C20H17ClO/c1-22-20-12-11-18(14-19(20)21)17-9-7-16(8-10-17)13-15-5-3-2-4-6-15/h2-12,14H,13H2,1H3. The van der Waals surface area contributed by atoms with E-state index in [-0.39, 0.29) is 0 Å². The first kappa shape index (κ1) is 14.7. The van der Waals surface area contributed by atoms with E-state index in [9.17, 15) is 0 Å². The molecule has 0 aliphatic heterocycles. The van der Waals surface area contributed by atoms with Crippen molar-refractivity contribution >= 4 is 11.6 Å². The fourth-order valence-electron chi connectivity index (χ4n) is 2.49. The molecular weight excluding hydrogens is 292 g/mol. The van der Waals surface area contributed by atoms with Crippen molar-refractivity contribution in [2.75, 3.05) is 7.11 Å². The topological polar surface area (TPSA) is 9.23 Å². The number of benzene rings is 3. The van der Waals surface area contributed by atoms with Crippen LogP contribution in [0.1, 0.15) is 11.1 Å². The Kier molecular flexibility index (Phi) is 4.45. The van der Waals surface area contributed by atoms with Gasteiger partial charge < -0.3 is 4.74 Å². The highest BCUT2D eigenvalue weighted by Gasteiger charge is 2.04. The van der Waals surface area contributed by atoms with Crippen LogP contribution in [0, 0.1) is 0 Å². The van der Waals surface area contributed by atoms with Crippen molar-refractivity contribution in [1.29, 1.82) is 0 Å². The van der Waals surface area contributed by atoms with Crippen molar-refractivity contribution in [3.05, 3.63) is 88.9 Å². The second-order valence-corrected chi connectivity index (χ2v) is 5.62. The van der Waals surface area contributed by atoms with Crippen molar-refractivity contribution in [1.82, 2.24) is 0 Å². The van der Waals surface area contributed by atoms with Crippen molar-refractivity contribution in [3.63, 3.8) is 0 Å². The van der Waals surface area contributed by atoms with E-state index in [0.717, 1.165) is 17.5 Å². The molecule has 0 saturated heterocycles. The third kappa shape index (κ3) is 3.32. The van der Waals surface area contributed by atoms with E-state index in [0.29, 0.717) is 10.8 Å². The average molecular weight is 309 g/mol. The Balaban J connectivity index is 1.81. The van der Waals surface area contributed by atoms with E-state index in [1.807, 2.05) is 24.3 Å². The van der Waals surface area contributed by atoms with Gasteiger partial charge >= 0.3 is 0 Å². The Hall–Kier alpha value is -2.25. The van der Waals surface area contributed by atoms with E-state index in [2.05, 4.69) is 48.5 Å². The number of rotatable bonds is 4. The number of ether oxygens (including phenoxy) is 1. The largest absolute Gasteiger partial charge is 0.495 e. The molecule has 0 amide bonds. The molecule has 3 aromatic rings. The highest BCUT2D eigenvalue weighted by molar-refractivity contribution is 6.32. The minimum atomic E-state index is 0.633. The van der Waals surface area contributed by atoms with Crippen molar-refractivity contribution in [2.24, 2.45) is 0 Å². The minimum absolute atomic E-state index is 0.633. The summed E-state index contributed by atoms with van der Waals surface area (Å²) in [5, 5.41) is 0.633. The third-order valence-corrected chi connectivity index (χ3v) is 3.99. The van der Waals surface area contributed by atoms with Gasteiger partial charge in [0.15, 0.2) is 0 Å². The molecule has 0 heterocycles. The van der Waals surface area contributed by atoms with Crippen LogP contribution < -0.4 is 4.74 Å². The lowest BCUT2D eigenvalue weighted by Crippen LogP contribution is -1.88. The predicted octanol–water partition coefficient (Wildman–Crippen LogP) is 5.61. The van der Waals surface area contributed by atoms with Gasteiger partial charge in [0.1, 0.15) is 5.75 Å². The molecule has 3 rings (SSSR count). The second kappa shape index (κ2) is 6.67. The summed E-state index contributed by atoms with van der Waals surface area (Å²) in [5.41, 5.74) is 4.87. The Labute approximate surface area is 136 Å². The van der Waals surface area contributed by atoms with Crippen LogP contribution in [-0.4, -0.2) is 7.11 Å². The maximum absolute atomic E-state index is 6.19. The Morgan fingerprint density at radius 1 is 0.773 bits per heavy atom. The molecule has 3 aromatic carbocycles. The summed E-state index contributed by atoms with van der Waals surface area (Å²) in [4.78, 5) is 0. The lowest BCUT2D eigenvalue weighted by Gasteiger charge is -2.08. The molecule has 0 fully saturated rings. The normalized spacial score (nSPS) is 10.5. The quantitative estimate of drug-likeness (QED) is 0.609. The average Bonchev–Trinajstić information content (AvgIpc) is 2.56. The molecule has 0 atom stereocenters. The molecule has 0 saturated carbocycles. The first-order valence-corrected chi connectivity index (χ1v) is 7.61. The summed E-state index contributed by atoms with van der Waals surface area (Å²) < 4.78 is 5.19. The summed E-state index contributed by atoms with van der Waals surface area (Å²) in [6, 6.07) is 25.0. The van der Waals surface area contributed by atoms with Crippen LogP contribution in [0.15, 0.2) is 72.8 Å². The molecule has 2 heteroatoms. The molecule has 1 nitrogen and oxygen atoms in total. The summed E-state index contributed by atoms with van der Waals surface area (Å²) >= 11 is 6.19. The number of hydrogen-bond acceptors (Lipinski definition) is 1. The highest BCUT2D eigenvalue weighted by Crippen LogP contribution is 2.30. The minimum Gasteiger partial charge on any atom is -0.495 e. The van der Waals surface area contributed by atoms with Gasteiger partial charge in [-0.15, -0.1) is 0 Å². The third-order valence-electron chi connectivity index (χ3n) is 3.69. The van der Waals surface area contributed by atoms with Crippen LogP contribution in [0.25, 0.3) is 11.1 Å². The fraction of sp³-hybridized carbons (Fsp3) is 0.100. The highest BCUT2D eigenvalue weighted by atomic mass is 35.5. The molecule has 0 radical (unpaired) electrons. The van der Waals surface area contributed by atoms with E-state index >= 15 is 0 Å². The SMILES string of the molecule is COc1ccc(-c2ccc(Cc3ccccc3)cc2)cc1Cl. The number of hydrogen-bond donors (Lipinski definition) is 0.